The van der Waals surface area contributed by atoms with Crippen molar-refractivity contribution in [1.29, 1.82) is 0 Å². The lowest BCUT2D eigenvalue weighted by atomic mass is 10.0. The first kappa shape index (κ1) is 9.93. The average molecular weight is 238 g/mol. The van der Waals surface area contributed by atoms with Crippen LogP contribution >= 0.6 is 11.6 Å². The monoisotopic (exact) mass is 237 g/mol. The van der Waals surface area contributed by atoms with Gasteiger partial charge in [-0.1, -0.05) is 11.6 Å². The molecule has 3 N–H and O–H groups in total. The Hall–Kier alpha value is -1.26. The summed E-state index contributed by atoms with van der Waals surface area (Å²) in [7, 11) is 0. The van der Waals surface area contributed by atoms with Gasteiger partial charge in [0.1, 0.15) is 0 Å². The van der Waals surface area contributed by atoms with Gasteiger partial charge in [0.15, 0.2) is 0 Å². The third kappa shape index (κ3) is 1.54. The molecule has 0 saturated carbocycles. The first-order chi connectivity index (χ1) is 7.74. The Morgan fingerprint density at radius 2 is 2.12 bits per heavy atom. The van der Waals surface area contributed by atoms with Gasteiger partial charge in [-0.15, -0.1) is 0 Å². The van der Waals surface area contributed by atoms with Gasteiger partial charge in [0.25, 0.3) is 0 Å². The molecule has 1 amide bonds. The van der Waals surface area contributed by atoms with E-state index >= 15 is 0 Å². The van der Waals surface area contributed by atoms with Crippen LogP contribution in [0.5, 0.6) is 0 Å². The zero-order valence-corrected chi connectivity index (χ0v) is 9.34. The molecule has 84 valence electrons. The van der Waals surface area contributed by atoms with E-state index in [0.29, 0.717) is 5.02 Å². The van der Waals surface area contributed by atoms with Crippen LogP contribution in [0.2, 0.25) is 5.02 Å². The fourth-order valence-electron chi connectivity index (χ4n) is 2.28. The summed E-state index contributed by atoms with van der Waals surface area (Å²) in [6.45, 7) is 1.54. The zero-order valence-electron chi connectivity index (χ0n) is 8.59. The van der Waals surface area contributed by atoms with E-state index in [1.807, 2.05) is 12.1 Å². The normalized spacial score (nSPS) is 27.4. The third-order valence-electron chi connectivity index (χ3n) is 3.13. The van der Waals surface area contributed by atoms with Gasteiger partial charge in [0.2, 0.25) is 5.91 Å². The highest BCUT2D eigenvalue weighted by molar-refractivity contribution is 6.31. The van der Waals surface area contributed by atoms with E-state index in [1.54, 1.807) is 6.07 Å². The maximum absolute atomic E-state index is 11.9. The summed E-state index contributed by atoms with van der Waals surface area (Å²) < 4.78 is 0. The molecular formula is C11H12ClN3O. The number of hydrogen-bond acceptors (Lipinski definition) is 3. The van der Waals surface area contributed by atoms with Crippen molar-refractivity contribution in [1.82, 2.24) is 5.32 Å². The lowest BCUT2D eigenvalue weighted by molar-refractivity contribution is -0.119. The van der Waals surface area contributed by atoms with Crippen molar-refractivity contribution in [3.63, 3.8) is 0 Å². The number of rotatable bonds is 0. The van der Waals surface area contributed by atoms with Gasteiger partial charge in [-0.05, 0) is 18.2 Å². The summed E-state index contributed by atoms with van der Waals surface area (Å²) in [4.78, 5) is 11.9. The highest BCUT2D eigenvalue weighted by atomic mass is 35.5. The van der Waals surface area contributed by atoms with Crippen LogP contribution in [0.15, 0.2) is 18.2 Å². The van der Waals surface area contributed by atoms with Crippen LogP contribution in [0, 0.1) is 5.92 Å². The summed E-state index contributed by atoms with van der Waals surface area (Å²) in [5.74, 6) is 0.0646. The maximum atomic E-state index is 11.9. The second-order valence-electron chi connectivity index (χ2n) is 4.19. The fourth-order valence-corrected chi connectivity index (χ4v) is 2.45. The molecule has 1 aromatic rings. The minimum absolute atomic E-state index is 0.00817. The number of carbonyl (C=O) groups is 1. The largest absolute Gasteiger partial charge is 0.378 e. The van der Waals surface area contributed by atoms with Crippen LogP contribution in [0.25, 0.3) is 0 Å². The Bertz CT molecular complexity index is 449. The van der Waals surface area contributed by atoms with Crippen molar-refractivity contribution < 1.29 is 4.79 Å². The minimum atomic E-state index is -0.00817. The molecule has 2 aliphatic heterocycles. The summed E-state index contributed by atoms with van der Waals surface area (Å²) in [6, 6.07) is 5.61. The Morgan fingerprint density at radius 3 is 3.00 bits per heavy atom. The van der Waals surface area contributed by atoms with E-state index in [9.17, 15) is 4.79 Å². The minimum Gasteiger partial charge on any atom is -0.378 e. The van der Waals surface area contributed by atoms with Crippen molar-refractivity contribution >= 4 is 28.9 Å². The molecule has 0 aromatic heterocycles. The van der Waals surface area contributed by atoms with E-state index in [4.69, 9.17) is 11.6 Å². The van der Waals surface area contributed by atoms with Crippen molar-refractivity contribution in [3.05, 3.63) is 23.2 Å². The topological polar surface area (TPSA) is 53.2 Å². The van der Waals surface area contributed by atoms with Gasteiger partial charge in [-0.2, -0.15) is 0 Å². The van der Waals surface area contributed by atoms with Gasteiger partial charge in [-0.3, -0.25) is 4.79 Å². The number of nitrogens with one attached hydrogen (secondary N) is 3. The number of carbonyl (C=O) groups excluding carboxylic acids is 1. The Morgan fingerprint density at radius 1 is 1.25 bits per heavy atom. The number of anilines is 2. The second-order valence-corrected chi connectivity index (χ2v) is 4.63. The van der Waals surface area contributed by atoms with Crippen LogP contribution in [-0.4, -0.2) is 25.0 Å². The molecule has 2 atom stereocenters. The molecule has 1 aromatic carbocycles. The molecule has 16 heavy (non-hydrogen) atoms. The number of benzene rings is 1. The van der Waals surface area contributed by atoms with Crippen LogP contribution in [0.4, 0.5) is 11.4 Å². The summed E-state index contributed by atoms with van der Waals surface area (Å²) in [6.07, 6.45) is 0. The number of amides is 1. The molecule has 1 saturated heterocycles. The molecule has 0 aliphatic carbocycles. The highest BCUT2D eigenvalue weighted by Gasteiger charge is 2.35. The van der Waals surface area contributed by atoms with Crippen LogP contribution < -0.4 is 16.0 Å². The van der Waals surface area contributed by atoms with Crippen LogP contribution in [0.1, 0.15) is 0 Å². The fraction of sp³-hybridized carbons (Fsp3) is 0.364. The Labute approximate surface area is 98.4 Å². The second kappa shape index (κ2) is 3.64. The quantitative estimate of drug-likeness (QED) is 0.638. The van der Waals surface area contributed by atoms with Crippen molar-refractivity contribution in [2.75, 3.05) is 23.7 Å². The summed E-state index contributed by atoms with van der Waals surface area (Å²) in [5.41, 5.74) is 1.71. The Kier molecular flexibility index (Phi) is 2.26. The Balaban J connectivity index is 2.01. The van der Waals surface area contributed by atoms with Gasteiger partial charge in [0.05, 0.1) is 23.3 Å². The van der Waals surface area contributed by atoms with Crippen molar-refractivity contribution in [3.8, 4) is 0 Å². The molecule has 1 fully saturated rings. The highest BCUT2D eigenvalue weighted by Crippen LogP contribution is 2.31. The number of hydrogen-bond donors (Lipinski definition) is 3. The van der Waals surface area contributed by atoms with Gasteiger partial charge >= 0.3 is 0 Å². The lowest BCUT2D eigenvalue weighted by Gasteiger charge is -2.15. The van der Waals surface area contributed by atoms with E-state index in [-0.39, 0.29) is 17.9 Å². The average Bonchev–Trinajstić information content (AvgIpc) is 2.65. The molecule has 2 heterocycles. The smallest absolute Gasteiger partial charge is 0.230 e. The predicted octanol–water partition coefficient (Wildman–Crippen LogP) is 1.29. The SMILES string of the molecule is O=C1Nc2ccc(Cl)cc2NC2CNCC12. The summed E-state index contributed by atoms with van der Waals surface area (Å²) >= 11 is 5.94. The first-order valence-electron chi connectivity index (χ1n) is 5.32. The lowest BCUT2D eigenvalue weighted by Crippen LogP contribution is -2.33. The molecule has 0 bridgehead atoms. The van der Waals surface area contributed by atoms with Crippen LogP contribution in [-0.2, 0) is 4.79 Å². The van der Waals surface area contributed by atoms with Crippen molar-refractivity contribution in [2.45, 2.75) is 6.04 Å². The first-order valence-corrected chi connectivity index (χ1v) is 5.69. The molecule has 2 unspecified atom stereocenters. The van der Waals surface area contributed by atoms with Crippen molar-refractivity contribution in [2.24, 2.45) is 5.92 Å². The molecule has 0 radical (unpaired) electrons. The van der Waals surface area contributed by atoms with E-state index in [1.165, 1.54) is 0 Å². The van der Waals surface area contributed by atoms with E-state index < -0.39 is 0 Å². The van der Waals surface area contributed by atoms with Gasteiger partial charge < -0.3 is 16.0 Å². The van der Waals surface area contributed by atoms with Gasteiger partial charge in [-0.25, -0.2) is 0 Å². The molecule has 2 aliphatic rings. The molecular weight excluding hydrogens is 226 g/mol. The van der Waals surface area contributed by atoms with Gasteiger partial charge in [0, 0.05) is 18.1 Å². The molecule has 4 nitrogen and oxygen atoms in total. The number of halogens is 1. The third-order valence-corrected chi connectivity index (χ3v) is 3.37. The van der Waals surface area contributed by atoms with E-state index in [0.717, 1.165) is 24.5 Å². The standard InChI is InChI=1S/C11H12ClN3O/c12-6-1-2-8-9(3-6)14-10-5-13-4-7(10)11(16)15-8/h1-3,7,10,13-14H,4-5H2,(H,15,16). The van der Waals surface area contributed by atoms with Crippen LogP contribution in [0.3, 0.4) is 0 Å². The summed E-state index contributed by atoms with van der Waals surface area (Å²) in [5, 5.41) is 10.2. The maximum Gasteiger partial charge on any atom is 0.230 e. The van der Waals surface area contributed by atoms with E-state index in [2.05, 4.69) is 16.0 Å². The predicted molar refractivity (Wildman–Crippen MR) is 63.9 cm³/mol. The molecule has 0 spiro atoms. The molecule has 5 heteroatoms. The molecule has 3 rings (SSSR count). The number of fused-ring (bicyclic) bond motifs is 2. The zero-order chi connectivity index (χ0) is 11.1.